The Balaban J connectivity index is 3.05. The minimum Gasteiger partial charge on any atom is -0.379 e. The Morgan fingerprint density at radius 1 is 0.298 bits per heavy atom. The molecule has 47 heavy (non-hydrogen) atoms. The molecule has 0 aromatic heterocycles. The van der Waals surface area contributed by atoms with Gasteiger partial charge in [-0.2, -0.15) is 0 Å². The number of Topliss-reactive ketones (excluding diaryl/α,β-unsaturated/α-hetero) is 1. The fourth-order valence-electron chi connectivity index (χ4n) is 3.13. The van der Waals surface area contributed by atoms with E-state index < -0.39 is 0 Å². The monoisotopic (exact) mass is 687 g/mol. The molecule has 1 amide bonds. The topological polar surface area (TPSA) is 180 Å². The Bertz CT molecular complexity index is 596. The van der Waals surface area contributed by atoms with Gasteiger partial charge in [0.1, 0.15) is 5.78 Å². The highest BCUT2D eigenvalue weighted by Gasteiger charge is 1.98. The van der Waals surface area contributed by atoms with E-state index in [1.165, 1.54) is 0 Å². The summed E-state index contributed by atoms with van der Waals surface area (Å²) < 4.78 is 70.2. The Kier molecular flexibility index (Phi) is 39.6. The first kappa shape index (κ1) is 45.6. The van der Waals surface area contributed by atoms with Crippen LogP contribution >= 0.6 is 0 Å². The molecule has 2 N–H and O–H groups in total. The number of rotatable bonds is 42. The van der Waals surface area contributed by atoms with E-state index in [0.29, 0.717) is 178 Å². The molecule has 280 valence electrons. The van der Waals surface area contributed by atoms with Gasteiger partial charge in [0.25, 0.3) is 0 Å². The number of hydrogen-bond donors (Lipinski definition) is 1. The van der Waals surface area contributed by atoms with Gasteiger partial charge >= 0.3 is 0 Å². The highest BCUT2D eigenvalue weighted by atomic mass is 16.6. The van der Waals surface area contributed by atoms with Crippen molar-refractivity contribution in [3.63, 3.8) is 0 Å². The zero-order chi connectivity index (χ0) is 34.1. The summed E-state index contributed by atoms with van der Waals surface area (Å²) >= 11 is 0. The highest BCUT2D eigenvalue weighted by molar-refractivity contribution is 5.75. The molecule has 16 heteroatoms. The van der Waals surface area contributed by atoms with Crippen LogP contribution in [0.1, 0.15) is 19.8 Å². The maximum atomic E-state index is 10.8. The van der Waals surface area contributed by atoms with Gasteiger partial charge in [-0.15, -0.1) is 0 Å². The van der Waals surface area contributed by atoms with E-state index in [9.17, 15) is 9.59 Å². The quantitative estimate of drug-likeness (QED) is 0.0851. The molecule has 0 aromatic rings. The van der Waals surface area contributed by atoms with Crippen molar-refractivity contribution < 1.29 is 71.2 Å². The fraction of sp³-hybridized carbons (Fsp3) is 0.935. The average molecular weight is 688 g/mol. The molecule has 0 heterocycles. The summed E-state index contributed by atoms with van der Waals surface area (Å²) in [6.07, 6.45) is 0.655. The Morgan fingerprint density at radius 3 is 0.596 bits per heavy atom. The molecule has 0 saturated heterocycles. The van der Waals surface area contributed by atoms with Crippen molar-refractivity contribution in [2.75, 3.05) is 172 Å². The van der Waals surface area contributed by atoms with Gasteiger partial charge in [-0.1, -0.05) is 0 Å². The van der Waals surface area contributed by atoms with Crippen molar-refractivity contribution in [3.8, 4) is 0 Å². The lowest BCUT2D eigenvalue weighted by Crippen LogP contribution is -2.16. The van der Waals surface area contributed by atoms with Gasteiger partial charge in [-0.3, -0.25) is 9.59 Å². The van der Waals surface area contributed by atoms with E-state index in [4.69, 9.17) is 67.3 Å². The van der Waals surface area contributed by atoms with Crippen LogP contribution in [0, 0.1) is 0 Å². The SMILES string of the molecule is CC(=O)CCOCCOCCOCCOCCOCCOCCOCCOCCOCCOCCOCCOCCOCCC(N)=O. The van der Waals surface area contributed by atoms with Crippen LogP contribution in [0.3, 0.4) is 0 Å². The molecule has 0 aliphatic heterocycles. The van der Waals surface area contributed by atoms with Crippen molar-refractivity contribution in [2.24, 2.45) is 5.73 Å². The maximum Gasteiger partial charge on any atom is 0.219 e. The minimum atomic E-state index is -0.377. The third-order valence-corrected chi connectivity index (χ3v) is 5.56. The molecule has 0 bridgehead atoms. The highest BCUT2D eigenvalue weighted by Crippen LogP contribution is 1.89. The van der Waals surface area contributed by atoms with Crippen molar-refractivity contribution >= 4 is 11.7 Å². The molecule has 0 spiro atoms. The predicted octanol–water partition coefficient (Wildman–Crippen LogP) is 0.0567. The number of carbonyl (C=O) groups is 2. The van der Waals surface area contributed by atoms with Crippen molar-refractivity contribution in [1.29, 1.82) is 0 Å². The third-order valence-electron chi connectivity index (χ3n) is 5.56. The maximum absolute atomic E-state index is 10.8. The zero-order valence-corrected chi connectivity index (χ0v) is 28.5. The second-order valence-electron chi connectivity index (χ2n) is 9.63. The Hall–Kier alpha value is -1.38. The van der Waals surface area contributed by atoms with E-state index in [2.05, 4.69) is 0 Å². The average Bonchev–Trinajstić information content (AvgIpc) is 3.05. The Morgan fingerprint density at radius 2 is 0.447 bits per heavy atom. The zero-order valence-electron chi connectivity index (χ0n) is 28.5. The lowest BCUT2D eigenvalue weighted by molar-refractivity contribution is -0.119. The van der Waals surface area contributed by atoms with Crippen LogP contribution in [0.25, 0.3) is 0 Å². The lowest BCUT2D eigenvalue weighted by Gasteiger charge is -2.09. The van der Waals surface area contributed by atoms with Gasteiger partial charge in [-0.25, -0.2) is 0 Å². The number of ketones is 1. The molecule has 0 saturated carbocycles. The first-order valence-electron chi connectivity index (χ1n) is 16.4. The van der Waals surface area contributed by atoms with Crippen LogP contribution in [0.15, 0.2) is 0 Å². The van der Waals surface area contributed by atoms with Crippen LogP contribution in [0.5, 0.6) is 0 Å². The van der Waals surface area contributed by atoms with Gasteiger partial charge in [0, 0.05) is 12.8 Å². The van der Waals surface area contributed by atoms with Crippen molar-refractivity contribution in [3.05, 3.63) is 0 Å². The molecular weight excluding hydrogens is 626 g/mol. The van der Waals surface area contributed by atoms with Gasteiger partial charge in [0.2, 0.25) is 5.91 Å². The fourth-order valence-corrected chi connectivity index (χ4v) is 3.13. The largest absolute Gasteiger partial charge is 0.379 e. The van der Waals surface area contributed by atoms with E-state index in [1.54, 1.807) is 6.92 Å². The number of hydrogen-bond acceptors (Lipinski definition) is 15. The molecule has 0 aliphatic carbocycles. The van der Waals surface area contributed by atoms with Crippen LogP contribution in [-0.2, 0) is 71.2 Å². The molecule has 0 radical (unpaired) electrons. The summed E-state index contributed by atoms with van der Waals surface area (Å²) in [5, 5.41) is 0. The van der Waals surface area contributed by atoms with E-state index in [-0.39, 0.29) is 18.1 Å². The summed E-state index contributed by atoms with van der Waals surface area (Å²) in [6.45, 7) is 13.9. The van der Waals surface area contributed by atoms with Crippen molar-refractivity contribution in [1.82, 2.24) is 0 Å². The molecular formula is C31H61NO15. The van der Waals surface area contributed by atoms with Crippen molar-refractivity contribution in [2.45, 2.75) is 19.8 Å². The summed E-state index contributed by atoms with van der Waals surface area (Å²) in [6, 6.07) is 0. The molecule has 0 aliphatic rings. The number of ether oxygens (including phenoxy) is 13. The van der Waals surface area contributed by atoms with Crippen LogP contribution in [0.4, 0.5) is 0 Å². The first-order valence-corrected chi connectivity index (χ1v) is 16.4. The normalized spacial score (nSPS) is 11.4. The second kappa shape index (κ2) is 40.8. The minimum absolute atomic E-state index is 0.122. The molecule has 0 fully saturated rings. The predicted molar refractivity (Wildman–Crippen MR) is 170 cm³/mol. The van der Waals surface area contributed by atoms with Crippen LogP contribution in [0.2, 0.25) is 0 Å². The van der Waals surface area contributed by atoms with E-state index in [1.807, 2.05) is 0 Å². The molecule has 0 unspecified atom stereocenters. The summed E-state index contributed by atoms with van der Waals surface area (Å²) in [7, 11) is 0. The molecule has 0 rings (SSSR count). The Labute approximate surface area is 280 Å². The summed E-state index contributed by atoms with van der Waals surface area (Å²) in [5.74, 6) is -0.255. The smallest absolute Gasteiger partial charge is 0.219 e. The summed E-state index contributed by atoms with van der Waals surface area (Å²) in [5.41, 5.74) is 5.02. The molecule has 0 atom stereocenters. The first-order chi connectivity index (χ1) is 23.1. The van der Waals surface area contributed by atoms with Gasteiger partial charge in [0.05, 0.1) is 172 Å². The number of nitrogens with two attached hydrogens (primary N) is 1. The van der Waals surface area contributed by atoms with Gasteiger partial charge in [-0.05, 0) is 6.92 Å². The second-order valence-corrected chi connectivity index (χ2v) is 9.63. The third kappa shape index (κ3) is 44.6. The van der Waals surface area contributed by atoms with Gasteiger partial charge in [0.15, 0.2) is 0 Å². The van der Waals surface area contributed by atoms with E-state index in [0.717, 1.165) is 0 Å². The summed E-state index contributed by atoms with van der Waals surface area (Å²) in [4.78, 5) is 21.3. The number of primary amides is 1. The van der Waals surface area contributed by atoms with Gasteiger partial charge < -0.3 is 67.3 Å². The number of carbonyl (C=O) groups excluding carboxylic acids is 2. The standard InChI is InChI=1S/C31H61NO15/c1-30(33)2-4-35-6-8-37-10-12-39-14-16-41-18-20-43-22-24-45-26-28-47-29-27-46-25-23-44-21-19-42-17-15-40-13-11-38-9-7-36-5-3-31(32)34/h2-29H2,1H3,(H2,32,34). The van der Waals surface area contributed by atoms with Crippen LogP contribution < -0.4 is 5.73 Å². The van der Waals surface area contributed by atoms with Crippen LogP contribution in [-0.4, -0.2) is 183 Å². The number of amides is 1. The molecule has 16 nitrogen and oxygen atoms in total. The van der Waals surface area contributed by atoms with E-state index >= 15 is 0 Å². The molecule has 0 aromatic carbocycles. The lowest BCUT2D eigenvalue weighted by atomic mass is 10.3.